The first-order valence-corrected chi connectivity index (χ1v) is 6.72. The highest BCUT2D eigenvalue weighted by Gasteiger charge is 2.13. The van der Waals surface area contributed by atoms with Crippen molar-refractivity contribution in [1.82, 2.24) is 9.47 Å². The zero-order valence-corrected chi connectivity index (χ0v) is 11.6. The van der Waals surface area contributed by atoms with E-state index in [-0.39, 0.29) is 6.04 Å². The summed E-state index contributed by atoms with van der Waals surface area (Å²) in [6, 6.07) is 3.69. The third-order valence-corrected chi connectivity index (χ3v) is 3.46. The van der Waals surface area contributed by atoms with Crippen molar-refractivity contribution in [2.75, 3.05) is 19.6 Å². The number of aromatic nitrogens is 1. The second-order valence-corrected chi connectivity index (χ2v) is 4.62. The Labute approximate surface area is 109 Å². The number of rotatable bonds is 8. The smallest absolute Gasteiger partial charge is 0.352 e. The number of carboxylic acids is 1. The molecule has 0 aliphatic heterocycles. The highest BCUT2D eigenvalue weighted by molar-refractivity contribution is 5.85. The Kier molecular flexibility index (Phi) is 5.92. The molecule has 4 nitrogen and oxygen atoms in total. The van der Waals surface area contributed by atoms with Gasteiger partial charge >= 0.3 is 5.97 Å². The molecule has 0 aliphatic rings. The summed E-state index contributed by atoms with van der Waals surface area (Å²) in [5, 5.41) is 9.06. The number of aromatic carboxylic acids is 1. The molecule has 1 aromatic rings. The van der Waals surface area contributed by atoms with Gasteiger partial charge in [0.2, 0.25) is 0 Å². The van der Waals surface area contributed by atoms with Crippen LogP contribution in [0.25, 0.3) is 0 Å². The summed E-state index contributed by atoms with van der Waals surface area (Å²) in [6.45, 7) is 9.65. The lowest BCUT2D eigenvalue weighted by Crippen LogP contribution is -2.24. The standard InChI is InChI=1S/C14H24N2O2/c1-4-15(5-2)10-6-8-12(3)16-11-7-9-13(16)14(17)18/h7,9,11-12H,4-6,8,10H2,1-3H3,(H,17,18). The van der Waals surface area contributed by atoms with Crippen LogP contribution in [0.5, 0.6) is 0 Å². The fourth-order valence-electron chi connectivity index (χ4n) is 2.25. The molecule has 0 aliphatic carbocycles. The van der Waals surface area contributed by atoms with Gasteiger partial charge in [-0.3, -0.25) is 0 Å². The largest absolute Gasteiger partial charge is 0.477 e. The monoisotopic (exact) mass is 252 g/mol. The molecule has 1 aromatic heterocycles. The fraction of sp³-hybridized carbons (Fsp3) is 0.643. The number of hydrogen-bond donors (Lipinski definition) is 1. The van der Waals surface area contributed by atoms with E-state index in [1.54, 1.807) is 12.1 Å². The molecule has 0 fully saturated rings. The minimum Gasteiger partial charge on any atom is -0.477 e. The van der Waals surface area contributed by atoms with E-state index in [4.69, 9.17) is 5.11 Å². The Hall–Kier alpha value is -1.29. The van der Waals surface area contributed by atoms with Gasteiger partial charge in [0.1, 0.15) is 5.69 Å². The van der Waals surface area contributed by atoms with Gasteiger partial charge in [-0.2, -0.15) is 0 Å². The SMILES string of the molecule is CCN(CC)CCCC(C)n1cccc1C(=O)O. The van der Waals surface area contributed by atoms with E-state index in [1.165, 1.54) is 0 Å². The molecule has 4 heteroatoms. The van der Waals surface area contributed by atoms with Crippen molar-refractivity contribution in [3.05, 3.63) is 24.0 Å². The van der Waals surface area contributed by atoms with Crippen molar-refractivity contribution in [3.63, 3.8) is 0 Å². The van der Waals surface area contributed by atoms with Crippen LogP contribution in [0.3, 0.4) is 0 Å². The minimum absolute atomic E-state index is 0.238. The van der Waals surface area contributed by atoms with E-state index in [0.29, 0.717) is 5.69 Å². The van der Waals surface area contributed by atoms with Gasteiger partial charge in [0.25, 0.3) is 0 Å². The van der Waals surface area contributed by atoms with E-state index in [1.807, 2.05) is 10.8 Å². The van der Waals surface area contributed by atoms with Crippen LogP contribution in [0.4, 0.5) is 0 Å². The Morgan fingerprint density at radius 3 is 2.67 bits per heavy atom. The second-order valence-electron chi connectivity index (χ2n) is 4.62. The van der Waals surface area contributed by atoms with Gasteiger partial charge in [0.15, 0.2) is 0 Å². The van der Waals surface area contributed by atoms with Crippen LogP contribution >= 0.6 is 0 Å². The Morgan fingerprint density at radius 2 is 2.11 bits per heavy atom. The molecule has 0 spiro atoms. The second kappa shape index (κ2) is 7.21. The summed E-state index contributed by atoms with van der Waals surface area (Å²) in [5.74, 6) is -0.851. The van der Waals surface area contributed by atoms with Gasteiger partial charge in [-0.15, -0.1) is 0 Å². The van der Waals surface area contributed by atoms with Crippen LogP contribution in [0.15, 0.2) is 18.3 Å². The summed E-state index contributed by atoms with van der Waals surface area (Å²) in [5.41, 5.74) is 0.380. The van der Waals surface area contributed by atoms with E-state index in [0.717, 1.165) is 32.5 Å². The molecule has 1 heterocycles. The van der Waals surface area contributed by atoms with E-state index in [9.17, 15) is 4.79 Å². The van der Waals surface area contributed by atoms with Crippen LogP contribution in [0.1, 0.15) is 50.1 Å². The lowest BCUT2D eigenvalue weighted by atomic mass is 10.1. The Balaban J connectivity index is 2.47. The summed E-state index contributed by atoms with van der Waals surface area (Å²) in [6.07, 6.45) is 3.96. The lowest BCUT2D eigenvalue weighted by Gasteiger charge is -2.20. The Bertz CT molecular complexity index is 370. The first kappa shape index (κ1) is 14.8. The van der Waals surface area contributed by atoms with Crippen molar-refractivity contribution in [2.45, 2.75) is 39.7 Å². The molecule has 0 aromatic carbocycles. The van der Waals surface area contributed by atoms with Crippen molar-refractivity contribution >= 4 is 5.97 Å². The quantitative estimate of drug-likeness (QED) is 0.773. The molecule has 0 amide bonds. The molecule has 18 heavy (non-hydrogen) atoms. The molecule has 0 bridgehead atoms. The first-order chi connectivity index (χ1) is 8.60. The summed E-state index contributed by atoms with van der Waals surface area (Å²) >= 11 is 0. The minimum atomic E-state index is -0.851. The Morgan fingerprint density at radius 1 is 1.44 bits per heavy atom. The maximum absolute atomic E-state index is 11.0. The predicted octanol–water partition coefficient (Wildman–Crippen LogP) is 2.87. The maximum atomic E-state index is 11.0. The number of carbonyl (C=O) groups is 1. The van der Waals surface area contributed by atoms with E-state index >= 15 is 0 Å². The highest BCUT2D eigenvalue weighted by atomic mass is 16.4. The van der Waals surface area contributed by atoms with Gasteiger partial charge in [-0.05, 0) is 51.5 Å². The van der Waals surface area contributed by atoms with Crippen LogP contribution < -0.4 is 0 Å². The van der Waals surface area contributed by atoms with Crippen molar-refractivity contribution in [1.29, 1.82) is 0 Å². The average Bonchev–Trinajstić information content (AvgIpc) is 2.83. The molecule has 1 rings (SSSR count). The zero-order valence-electron chi connectivity index (χ0n) is 11.6. The molecule has 102 valence electrons. The van der Waals surface area contributed by atoms with Crippen LogP contribution in [-0.4, -0.2) is 40.2 Å². The van der Waals surface area contributed by atoms with Gasteiger partial charge in [0.05, 0.1) is 0 Å². The molecule has 1 unspecified atom stereocenters. The highest BCUT2D eigenvalue weighted by Crippen LogP contribution is 2.17. The zero-order chi connectivity index (χ0) is 13.5. The van der Waals surface area contributed by atoms with Crippen molar-refractivity contribution in [2.24, 2.45) is 0 Å². The molecular formula is C14H24N2O2. The van der Waals surface area contributed by atoms with E-state index in [2.05, 4.69) is 25.7 Å². The predicted molar refractivity (Wildman–Crippen MR) is 73.1 cm³/mol. The van der Waals surface area contributed by atoms with E-state index < -0.39 is 5.97 Å². The lowest BCUT2D eigenvalue weighted by molar-refractivity contribution is 0.0682. The molecule has 0 radical (unpaired) electrons. The normalized spacial score (nSPS) is 12.9. The maximum Gasteiger partial charge on any atom is 0.352 e. The van der Waals surface area contributed by atoms with Gasteiger partial charge < -0.3 is 14.6 Å². The average molecular weight is 252 g/mol. The summed E-state index contributed by atoms with van der Waals surface area (Å²) < 4.78 is 1.85. The first-order valence-electron chi connectivity index (χ1n) is 6.72. The summed E-state index contributed by atoms with van der Waals surface area (Å²) in [4.78, 5) is 13.4. The number of carboxylic acid groups (broad SMARTS) is 1. The van der Waals surface area contributed by atoms with Gasteiger partial charge in [-0.25, -0.2) is 4.79 Å². The summed E-state index contributed by atoms with van der Waals surface area (Å²) in [7, 11) is 0. The van der Waals surface area contributed by atoms with Crippen LogP contribution in [-0.2, 0) is 0 Å². The van der Waals surface area contributed by atoms with Gasteiger partial charge in [0, 0.05) is 12.2 Å². The van der Waals surface area contributed by atoms with Crippen LogP contribution in [0.2, 0.25) is 0 Å². The number of hydrogen-bond acceptors (Lipinski definition) is 2. The molecular weight excluding hydrogens is 228 g/mol. The fourth-order valence-corrected chi connectivity index (χ4v) is 2.25. The third-order valence-electron chi connectivity index (χ3n) is 3.46. The number of nitrogens with zero attached hydrogens (tertiary/aromatic N) is 2. The molecule has 1 N–H and O–H groups in total. The molecule has 0 saturated carbocycles. The van der Waals surface area contributed by atoms with Crippen LogP contribution in [0, 0.1) is 0 Å². The molecule has 0 saturated heterocycles. The third kappa shape index (κ3) is 3.88. The van der Waals surface area contributed by atoms with Crippen molar-refractivity contribution < 1.29 is 9.90 Å². The topological polar surface area (TPSA) is 45.5 Å². The van der Waals surface area contributed by atoms with Crippen molar-refractivity contribution in [3.8, 4) is 0 Å². The van der Waals surface area contributed by atoms with Gasteiger partial charge in [-0.1, -0.05) is 13.8 Å². The molecule has 1 atom stereocenters.